The van der Waals surface area contributed by atoms with Gasteiger partial charge in [0.2, 0.25) is 0 Å². The number of thiophene rings is 1. The number of rotatable bonds is 7. The first kappa shape index (κ1) is 18.4. The van der Waals surface area contributed by atoms with Gasteiger partial charge in [-0.2, -0.15) is 0 Å². The van der Waals surface area contributed by atoms with Crippen LogP contribution in [0.3, 0.4) is 0 Å². The molecule has 0 bridgehead atoms. The first-order valence-electron chi connectivity index (χ1n) is 8.89. The molecule has 2 N–H and O–H groups in total. The van der Waals surface area contributed by atoms with Crippen molar-refractivity contribution in [3.05, 3.63) is 38.5 Å². The van der Waals surface area contributed by atoms with E-state index in [1.54, 1.807) is 11.3 Å². The number of likely N-dealkylation sites (tertiary alicyclic amines) is 1. The monoisotopic (exact) mass is 377 g/mol. The molecule has 0 aliphatic carbocycles. The van der Waals surface area contributed by atoms with Gasteiger partial charge in [-0.25, -0.2) is 4.98 Å². The third-order valence-corrected chi connectivity index (χ3v) is 6.28. The summed E-state index contributed by atoms with van der Waals surface area (Å²) in [4.78, 5) is 12.9. The second-order valence-corrected chi connectivity index (χ2v) is 8.30. The maximum Gasteiger partial charge on any atom is 0.191 e. The number of nitrogens with one attached hydrogen (secondary N) is 2. The minimum atomic E-state index is 0.433. The average molecular weight is 378 g/mol. The average Bonchev–Trinajstić information content (AvgIpc) is 3.37. The molecule has 0 spiro atoms. The highest BCUT2D eigenvalue weighted by atomic mass is 32.1. The molecule has 0 amide bonds. The largest absolute Gasteiger partial charge is 0.356 e. The van der Waals surface area contributed by atoms with Crippen LogP contribution in [0.25, 0.3) is 0 Å². The first-order valence-corrected chi connectivity index (χ1v) is 10.6. The molecule has 0 aromatic carbocycles. The normalized spacial score (nSPS) is 17.0. The molecule has 1 unspecified atom stereocenters. The fourth-order valence-electron chi connectivity index (χ4n) is 3.19. The Kier molecular flexibility index (Phi) is 6.84. The number of guanidine groups is 1. The van der Waals surface area contributed by atoms with Crippen LogP contribution in [0.2, 0.25) is 0 Å². The molecule has 5 nitrogen and oxygen atoms in total. The minimum absolute atomic E-state index is 0.433. The van der Waals surface area contributed by atoms with Crippen LogP contribution >= 0.6 is 22.7 Å². The van der Waals surface area contributed by atoms with E-state index in [2.05, 4.69) is 48.4 Å². The van der Waals surface area contributed by atoms with Gasteiger partial charge >= 0.3 is 0 Å². The van der Waals surface area contributed by atoms with Crippen molar-refractivity contribution in [1.82, 2.24) is 20.5 Å². The van der Waals surface area contributed by atoms with Crippen molar-refractivity contribution in [2.24, 2.45) is 4.99 Å². The Morgan fingerprint density at radius 3 is 2.80 bits per heavy atom. The lowest BCUT2D eigenvalue weighted by atomic mass is 10.2. The van der Waals surface area contributed by atoms with Gasteiger partial charge in [-0.15, -0.1) is 22.7 Å². The summed E-state index contributed by atoms with van der Waals surface area (Å²) in [5.74, 6) is 0.868. The predicted octanol–water partition coefficient (Wildman–Crippen LogP) is 3.06. The van der Waals surface area contributed by atoms with Gasteiger partial charge in [0.25, 0.3) is 0 Å². The summed E-state index contributed by atoms with van der Waals surface area (Å²) in [6, 6.07) is 4.82. The summed E-state index contributed by atoms with van der Waals surface area (Å²) in [6.45, 7) is 6.16. The Hall–Kier alpha value is -1.44. The van der Waals surface area contributed by atoms with Gasteiger partial charge in [0, 0.05) is 36.8 Å². The van der Waals surface area contributed by atoms with Crippen LogP contribution in [0, 0.1) is 6.92 Å². The van der Waals surface area contributed by atoms with Gasteiger partial charge in [-0.05, 0) is 44.3 Å². The number of hydrogen-bond donors (Lipinski definition) is 2. The molecule has 136 valence electrons. The van der Waals surface area contributed by atoms with Crippen molar-refractivity contribution in [2.45, 2.75) is 32.2 Å². The highest BCUT2D eigenvalue weighted by molar-refractivity contribution is 7.10. The Bertz CT molecular complexity index is 659. The molecular weight excluding hydrogens is 350 g/mol. The van der Waals surface area contributed by atoms with Gasteiger partial charge in [-0.1, -0.05) is 6.07 Å². The molecule has 3 heterocycles. The van der Waals surface area contributed by atoms with Gasteiger partial charge in [0.1, 0.15) is 0 Å². The van der Waals surface area contributed by atoms with E-state index in [9.17, 15) is 0 Å². The molecule has 1 aliphatic heterocycles. The van der Waals surface area contributed by atoms with E-state index in [1.807, 2.05) is 25.3 Å². The molecule has 3 rings (SSSR count). The SMILES string of the molecule is CN=C(NCCc1csc(C)n1)NCC(c1cccs1)N1CCCC1. The van der Waals surface area contributed by atoms with Gasteiger partial charge in [-0.3, -0.25) is 9.89 Å². The molecule has 1 saturated heterocycles. The predicted molar refractivity (Wildman–Crippen MR) is 108 cm³/mol. The Morgan fingerprint density at radius 1 is 1.32 bits per heavy atom. The maximum atomic E-state index is 4.51. The molecule has 7 heteroatoms. The number of aromatic nitrogens is 1. The standard InChI is InChI=1S/C18H27N5S2/c1-14-22-15(13-25-14)7-8-20-18(19-2)21-12-16(17-6-5-11-24-17)23-9-3-4-10-23/h5-6,11,13,16H,3-4,7-10,12H2,1-2H3,(H2,19,20,21). The molecular formula is C18H27N5S2. The van der Waals surface area contributed by atoms with Crippen LogP contribution in [0.4, 0.5) is 0 Å². The van der Waals surface area contributed by atoms with E-state index in [0.29, 0.717) is 6.04 Å². The second-order valence-electron chi connectivity index (χ2n) is 6.26. The van der Waals surface area contributed by atoms with Crippen molar-refractivity contribution in [3.63, 3.8) is 0 Å². The Balaban J connectivity index is 1.50. The van der Waals surface area contributed by atoms with Crippen LogP contribution in [-0.4, -0.2) is 49.1 Å². The summed E-state index contributed by atoms with van der Waals surface area (Å²) in [7, 11) is 1.83. The second kappa shape index (κ2) is 9.31. The molecule has 1 fully saturated rings. The highest BCUT2D eigenvalue weighted by Gasteiger charge is 2.24. The number of aryl methyl sites for hydroxylation is 1. The van der Waals surface area contributed by atoms with Crippen molar-refractivity contribution < 1.29 is 0 Å². The van der Waals surface area contributed by atoms with E-state index in [0.717, 1.165) is 36.2 Å². The number of thiazole rings is 1. The summed E-state index contributed by atoms with van der Waals surface area (Å²) in [5.41, 5.74) is 1.15. The topological polar surface area (TPSA) is 52.6 Å². The summed E-state index contributed by atoms with van der Waals surface area (Å²) >= 11 is 3.55. The molecule has 25 heavy (non-hydrogen) atoms. The van der Waals surface area contributed by atoms with Crippen LogP contribution in [0.5, 0.6) is 0 Å². The molecule has 0 radical (unpaired) electrons. The van der Waals surface area contributed by atoms with Gasteiger partial charge in [0.05, 0.1) is 16.7 Å². The van der Waals surface area contributed by atoms with E-state index in [1.165, 1.54) is 30.8 Å². The smallest absolute Gasteiger partial charge is 0.191 e. The third kappa shape index (κ3) is 5.26. The zero-order chi connectivity index (χ0) is 17.5. The molecule has 1 atom stereocenters. The molecule has 2 aromatic heterocycles. The highest BCUT2D eigenvalue weighted by Crippen LogP contribution is 2.27. The fraction of sp³-hybridized carbons (Fsp3) is 0.556. The van der Waals surface area contributed by atoms with E-state index in [4.69, 9.17) is 0 Å². The van der Waals surface area contributed by atoms with Gasteiger partial charge < -0.3 is 10.6 Å². The van der Waals surface area contributed by atoms with Crippen molar-refractivity contribution in [1.29, 1.82) is 0 Å². The van der Waals surface area contributed by atoms with E-state index < -0.39 is 0 Å². The Labute approximate surface area is 158 Å². The lowest BCUT2D eigenvalue weighted by molar-refractivity contribution is 0.249. The molecule has 0 saturated carbocycles. The van der Waals surface area contributed by atoms with Crippen LogP contribution in [-0.2, 0) is 6.42 Å². The number of aliphatic imine (C=N–C) groups is 1. The number of hydrogen-bond acceptors (Lipinski definition) is 5. The third-order valence-electron chi connectivity index (χ3n) is 4.48. The van der Waals surface area contributed by atoms with Crippen LogP contribution < -0.4 is 10.6 Å². The van der Waals surface area contributed by atoms with Crippen molar-refractivity contribution in [2.75, 3.05) is 33.2 Å². The van der Waals surface area contributed by atoms with E-state index in [-0.39, 0.29) is 0 Å². The first-order chi connectivity index (χ1) is 12.3. The van der Waals surface area contributed by atoms with Crippen molar-refractivity contribution >= 4 is 28.6 Å². The maximum absolute atomic E-state index is 4.51. The quantitative estimate of drug-likeness (QED) is 0.575. The van der Waals surface area contributed by atoms with E-state index >= 15 is 0 Å². The zero-order valence-electron chi connectivity index (χ0n) is 15.0. The number of nitrogens with zero attached hydrogens (tertiary/aromatic N) is 3. The summed E-state index contributed by atoms with van der Waals surface area (Å²) in [6.07, 6.45) is 3.54. The molecule has 2 aromatic rings. The Morgan fingerprint density at radius 2 is 2.16 bits per heavy atom. The molecule has 1 aliphatic rings. The lowest BCUT2D eigenvalue weighted by Crippen LogP contribution is -2.43. The van der Waals surface area contributed by atoms with Crippen LogP contribution in [0.1, 0.15) is 34.5 Å². The summed E-state index contributed by atoms with van der Waals surface area (Å²) in [5, 5.41) is 12.3. The van der Waals surface area contributed by atoms with Gasteiger partial charge in [0.15, 0.2) is 5.96 Å². The lowest BCUT2D eigenvalue weighted by Gasteiger charge is -2.27. The fourth-order valence-corrected chi connectivity index (χ4v) is 4.70. The summed E-state index contributed by atoms with van der Waals surface area (Å²) < 4.78 is 0. The van der Waals surface area contributed by atoms with Crippen LogP contribution in [0.15, 0.2) is 27.9 Å². The minimum Gasteiger partial charge on any atom is -0.356 e. The zero-order valence-corrected chi connectivity index (χ0v) is 16.6. The van der Waals surface area contributed by atoms with Crippen molar-refractivity contribution in [3.8, 4) is 0 Å².